The van der Waals surface area contributed by atoms with Gasteiger partial charge in [0, 0.05) is 6.54 Å². The fourth-order valence-electron chi connectivity index (χ4n) is 2.09. The number of carboxylic acids is 1. The van der Waals surface area contributed by atoms with Gasteiger partial charge in [0.2, 0.25) is 5.91 Å². The fraction of sp³-hybridized carbons (Fsp3) is 0.429. The Labute approximate surface area is 111 Å². The average Bonchev–Trinajstić information content (AvgIpc) is 3.20. The zero-order valence-corrected chi connectivity index (χ0v) is 10.6. The molecule has 19 heavy (non-hydrogen) atoms. The topological polar surface area (TPSA) is 75.6 Å². The normalized spacial score (nSPS) is 15.8. The maximum Gasteiger partial charge on any atom is 0.329 e. The minimum absolute atomic E-state index is 0.00220. The number of amides is 1. The van der Waals surface area contributed by atoms with Crippen LogP contribution in [0.4, 0.5) is 0 Å². The summed E-state index contributed by atoms with van der Waals surface area (Å²) in [5.74, 6) is -1.01. The molecule has 1 amide bonds. The van der Waals surface area contributed by atoms with Crippen LogP contribution in [0.5, 0.6) is 0 Å². The second-order valence-corrected chi connectivity index (χ2v) is 4.65. The van der Waals surface area contributed by atoms with Crippen LogP contribution in [0.2, 0.25) is 0 Å². The lowest BCUT2D eigenvalue weighted by molar-refractivity contribution is -0.142. The van der Waals surface area contributed by atoms with Crippen LogP contribution in [0.1, 0.15) is 18.4 Å². The van der Waals surface area contributed by atoms with E-state index in [4.69, 9.17) is 9.84 Å². The van der Waals surface area contributed by atoms with Gasteiger partial charge in [-0.05, 0) is 18.4 Å². The Hall–Kier alpha value is -1.88. The molecule has 1 saturated carbocycles. The Morgan fingerprint density at radius 1 is 1.26 bits per heavy atom. The molecule has 0 bridgehead atoms. The Balaban J connectivity index is 1.79. The van der Waals surface area contributed by atoms with Crippen molar-refractivity contribution in [1.29, 1.82) is 0 Å². The average molecular weight is 263 g/mol. The molecule has 0 radical (unpaired) electrons. The summed E-state index contributed by atoms with van der Waals surface area (Å²) in [6.07, 6.45) is 1.72. The molecule has 1 fully saturated rings. The van der Waals surface area contributed by atoms with Crippen molar-refractivity contribution in [2.24, 2.45) is 0 Å². The maximum atomic E-state index is 12.1. The monoisotopic (exact) mass is 263 g/mol. The summed E-state index contributed by atoms with van der Waals surface area (Å²) in [6.45, 7) is 0.212. The largest absolute Gasteiger partial charge is 0.480 e. The molecule has 5 nitrogen and oxygen atoms in total. The fourth-order valence-corrected chi connectivity index (χ4v) is 2.09. The van der Waals surface area contributed by atoms with Crippen LogP contribution < -0.4 is 5.32 Å². The molecule has 0 aliphatic heterocycles. The molecule has 0 unspecified atom stereocenters. The molecule has 0 saturated heterocycles. The highest BCUT2D eigenvalue weighted by Crippen LogP contribution is 2.48. The zero-order chi connectivity index (χ0) is 13.7. The van der Waals surface area contributed by atoms with Crippen molar-refractivity contribution in [2.45, 2.75) is 18.3 Å². The molecule has 1 aliphatic carbocycles. The lowest BCUT2D eigenvalue weighted by Gasteiger charge is -2.15. The number of carbonyl (C=O) groups excluding carboxylic acids is 1. The van der Waals surface area contributed by atoms with Crippen LogP contribution in [-0.2, 0) is 19.7 Å². The summed E-state index contributed by atoms with van der Waals surface area (Å²) < 4.78 is 4.87. The predicted molar refractivity (Wildman–Crippen MR) is 68.8 cm³/mol. The van der Waals surface area contributed by atoms with E-state index in [9.17, 15) is 9.59 Å². The number of nitrogens with one attached hydrogen (secondary N) is 1. The lowest BCUT2D eigenvalue weighted by Crippen LogP contribution is -2.36. The Kier molecular flexibility index (Phi) is 4.16. The molecule has 2 N–H and O–H groups in total. The van der Waals surface area contributed by atoms with Crippen LogP contribution in [0.15, 0.2) is 30.3 Å². The minimum Gasteiger partial charge on any atom is -0.480 e. The summed E-state index contributed by atoms with van der Waals surface area (Å²) in [4.78, 5) is 22.4. The minimum atomic E-state index is -1.01. The van der Waals surface area contributed by atoms with Gasteiger partial charge in [0.1, 0.15) is 6.61 Å². The molecule has 102 valence electrons. The van der Waals surface area contributed by atoms with Crippen molar-refractivity contribution in [2.75, 3.05) is 19.8 Å². The van der Waals surface area contributed by atoms with Gasteiger partial charge in [0.05, 0.1) is 12.0 Å². The summed E-state index contributed by atoms with van der Waals surface area (Å²) in [5, 5.41) is 11.2. The summed E-state index contributed by atoms with van der Waals surface area (Å²) in [5.41, 5.74) is 0.660. The van der Waals surface area contributed by atoms with Gasteiger partial charge < -0.3 is 15.2 Å². The number of ether oxygens (including phenoxy) is 1. The standard InChI is InChI=1S/C14H17NO4/c16-12(17)10-19-9-8-15-13(18)14(6-7-14)11-4-2-1-3-5-11/h1-5H,6-10H2,(H,15,18)(H,16,17). The maximum absolute atomic E-state index is 12.1. The smallest absolute Gasteiger partial charge is 0.329 e. The number of hydrogen-bond acceptors (Lipinski definition) is 3. The number of carbonyl (C=O) groups is 2. The van der Waals surface area contributed by atoms with E-state index in [-0.39, 0.29) is 24.5 Å². The second-order valence-electron chi connectivity index (χ2n) is 4.65. The first-order valence-corrected chi connectivity index (χ1v) is 6.28. The van der Waals surface area contributed by atoms with Crippen LogP contribution in [0.25, 0.3) is 0 Å². The third-order valence-electron chi connectivity index (χ3n) is 3.27. The highest BCUT2D eigenvalue weighted by Gasteiger charge is 2.50. The van der Waals surface area contributed by atoms with Crippen molar-refractivity contribution >= 4 is 11.9 Å². The second kappa shape index (κ2) is 5.84. The number of hydrogen-bond donors (Lipinski definition) is 2. The molecule has 0 heterocycles. The quantitative estimate of drug-likeness (QED) is 0.718. The predicted octanol–water partition coefficient (Wildman–Crippen LogP) is 0.936. The SMILES string of the molecule is O=C(O)COCCNC(=O)C1(c2ccccc2)CC1. The molecule has 0 spiro atoms. The van der Waals surface area contributed by atoms with Crippen LogP contribution in [0, 0.1) is 0 Å². The first kappa shape index (κ1) is 13.5. The summed E-state index contributed by atoms with van der Waals surface area (Å²) >= 11 is 0. The molecular formula is C14H17NO4. The molecule has 0 atom stereocenters. The zero-order valence-electron chi connectivity index (χ0n) is 10.6. The molecule has 0 aromatic heterocycles. The lowest BCUT2D eigenvalue weighted by atomic mass is 9.95. The van der Waals surface area contributed by atoms with Gasteiger partial charge in [0.25, 0.3) is 0 Å². The molecule has 1 aromatic rings. The first-order chi connectivity index (χ1) is 9.15. The summed E-state index contributed by atoms with van der Waals surface area (Å²) in [6, 6.07) is 9.72. The van der Waals surface area contributed by atoms with Gasteiger partial charge in [-0.15, -0.1) is 0 Å². The van der Waals surface area contributed by atoms with Crippen molar-refractivity contribution in [3.63, 3.8) is 0 Å². The van der Waals surface area contributed by atoms with Gasteiger partial charge in [-0.25, -0.2) is 4.79 Å². The van der Waals surface area contributed by atoms with Crippen molar-refractivity contribution < 1.29 is 19.4 Å². The van der Waals surface area contributed by atoms with E-state index >= 15 is 0 Å². The number of carboxylic acid groups (broad SMARTS) is 1. The van der Waals surface area contributed by atoms with Gasteiger partial charge in [0.15, 0.2) is 0 Å². The Morgan fingerprint density at radius 3 is 2.53 bits per heavy atom. The number of rotatable bonds is 7. The van der Waals surface area contributed by atoms with Gasteiger partial charge in [-0.2, -0.15) is 0 Å². The third-order valence-corrected chi connectivity index (χ3v) is 3.27. The highest BCUT2D eigenvalue weighted by molar-refractivity contribution is 5.91. The Bertz CT molecular complexity index is 454. The van der Waals surface area contributed by atoms with Gasteiger partial charge in [-0.3, -0.25) is 4.79 Å². The third kappa shape index (κ3) is 3.32. The molecular weight excluding hydrogens is 246 g/mol. The highest BCUT2D eigenvalue weighted by atomic mass is 16.5. The summed E-state index contributed by atoms with van der Waals surface area (Å²) in [7, 11) is 0. The van der Waals surface area contributed by atoms with E-state index in [2.05, 4.69) is 5.32 Å². The van der Waals surface area contributed by atoms with Gasteiger partial charge >= 0.3 is 5.97 Å². The first-order valence-electron chi connectivity index (χ1n) is 6.28. The Morgan fingerprint density at radius 2 is 1.95 bits per heavy atom. The van der Waals surface area contributed by atoms with E-state index in [1.165, 1.54) is 0 Å². The van der Waals surface area contributed by atoms with Crippen molar-refractivity contribution in [3.8, 4) is 0 Å². The molecule has 5 heteroatoms. The van der Waals surface area contributed by atoms with Crippen molar-refractivity contribution in [3.05, 3.63) is 35.9 Å². The van der Waals surface area contributed by atoms with E-state index in [1.807, 2.05) is 30.3 Å². The van der Waals surface area contributed by atoms with E-state index in [0.717, 1.165) is 18.4 Å². The van der Waals surface area contributed by atoms with Gasteiger partial charge in [-0.1, -0.05) is 30.3 Å². The number of aliphatic carboxylic acids is 1. The molecule has 1 aliphatic rings. The van der Waals surface area contributed by atoms with E-state index in [1.54, 1.807) is 0 Å². The molecule has 1 aromatic carbocycles. The number of benzene rings is 1. The van der Waals surface area contributed by atoms with E-state index in [0.29, 0.717) is 6.54 Å². The molecule has 2 rings (SSSR count). The van der Waals surface area contributed by atoms with Crippen molar-refractivity contribution in [1.82, 2.24) is 5.32 Å². The van der Waals surface area contributed by atoms with Crippen LogP contribution >= 0.6 is 0 Å². The van der Waals surface area contributed by atoms with Crippen LogP contribution in [-0.4, -0.2) is 36.7 Å². The van der Waals surface area contributed by atoms with Crippen LogP contribution in [0.3, 0.4) is 0 Å². The van der Waals surface area contributed by atoms with E-state index < -0.39 is 5.97 Å².